The van der Waals surface area contributed by atoms with Gasteiger partial charge in [0.1, 0.15) is 0 Å². The first kappa shape index (κ1) is 17.2. The van der Waals surface area contributed by atoms with Gasteiger partial charge in [-0.2, -0.15) is 4.31 Å². The van der Waals surface area contributed by atoms with Crippen molar-refractivity contribution in [3.8, 4) is 0 Å². The van der Waals surface area contributed by atoms with Crippen LogP contribution in [0.2, 0.25) is 0 Å². The molecule has 2 aliphatic rings. The molecule has 0 atom stereocenters. The smallest absolute Gasteiger partial charge is 0.292 e. The minimum Gasteiger partial charge on any atom is -0.351 e. The second-order valence-corrected chi connectivity index (χ2v) is 8.75. The fourth-order valence-corrected chi connectivity index (χ4v) is 5.08. The number of aryl methyl sites for hydroxylation is 3. The molecular weight excluding hydrogens is 354 g/mol. The van der Waals surface area contributed by atoms with E-state index in [9.17, 15) is 13.2 Å². The Morgan fingerprint density at radius 2 is 1.81 bits per heavy atom. The zero-order valence-corrected chi connectivity index (χ0v) is 15.5. The molecule has 0 radical (unpaired) electrons. The van der Waals surface area contributed by atoms with E-state index in [1.165, 1.54) is 9.87 Å². The number of hydrogen-bond donors (Lipinski definition) is 0. The lowest BCUT2D eigenvalue weighted by Crippen LogP contribution is -2.50. The number of aromatic nitrogens is 1. The summed E-state index contributed by atoms with van der Waals surface area (Å²) in [6.07, 6.45) is 3.05. The van der Waals surface area contributed by atoms with E-state index < -0.39 is 10.0 Å². The summed E-state index contributed by atoms with van der Waals surface area (Å²) >= 11 is 0. The van der Waals surface area contributed by atoms with E-state index in [1.807, 2.05) is 12.1 Å². The summed E-state index contributed by atoms with van der Waals surface area (Å²) < 4.78 is 32.3. The van der Waals surface area contributed by atoms with Crippen LogP contribution in [-0.4, -0.2) is 54.9 Å². The van der Waals surface area contributed by atoms with Crippen molar-refractivity contribution in [2.75, 3.05) is 26.2 Å². The molecule has 1 aromatic heterocycles. The summed E-state index contributed by atoms with van der Waals surface area (Å²) in [7, 11) is -3.53. The monoisotopic (exact) mass is 375 g/mol. The van der Waals surface area contributed by atoms with Gasteiger partial charge in [-0.05, 0) is 49.4 Å². The molecule has 2 aromatic rings. The van der Waals surface area contributed by atoms with Crippen LogP contribution in [0.5, 0.6) is 0 Å². The van der Waals surface area contributed by atoms with Gasteiger partial charge in [-0.1, -0.05) is 11.2 Å². The maximum Gasteiger partial charge on any atom is 0.292 e. The molecule has 0 bridgehead atoms. The number of carbonyl (C=O) groups excluding carboxylic acids is 1. The van der Waals surface area contributed by atoms with Gasteiger partial charge >= 0.3 is 0 Å². The molecule has 1 saturated heterocycles. The first-order chi connectivity index (χ1) is 12.4. The van der Waals surface area contributed by atoms with Crippen LogP contribution in [0.4, 0.5) is 0 Å². The number of nitrogens with zero attached hydrogens (tertiary/aromatic N) is 3. The van der Waals surface area contributed by atoms with Crippen LogP contribution in [0.3, 0.4) is 0 Å². The van der Waals surface area contributed by atoms with E-state index in [-0.39, 0.29) is 24.8 Å². The number of amides is 1. The van der Waals surface area contributed by atoms with Gasteiger partial charge in [-0.25, -0.2) is 8.42 Å². The molecule has 2 heterocycles. The molecule has 7 nitrogen and oxygen atoms in total. The number of benzene rings is 1. The number of piperazine rings is 1. The summed E-state index contributed by atoms with van der Waals surface area (Å²) in [5.74, 6) is -0.0578. The normalized spacial score (nSPS) is 18.1. The second kappa shape index (κ2) is 6.51. The predicted molar refractivity (Wildman–Crippen MR) is 94.4 cm³/mol. The first-order valence-electron chi connectivity index (χ1n) is 8.80. The Labute approximate surface area is 152 Å². The van der Waals surface area contributed by atoms with Crippen LogP contribution in [0.25, 0.3) is 0 Å². The van der Waals surface area contributed by atoms with E-state index in [0.29, 0.717) is 23.7 Å². The van der Waals surface area contributed by atoms with Crippen LogP contribution in [0.1, 0.15) is 33.8 Å². The van der Waals surface area contributed by atoms with Crippen molar-refractivity contribution in [3.63, 3.8) is 0 Å². The van der Waals surface area contributed by atoms with Gasteiger partial charge < -0.3 is 9.42 Å². The first-order valence-corrected chi connectivity index (χ1v) is 10.2. The quantitative estimate of drug-likeness (QED) is 0.814. The van der Waals surface area contributed by atoms with E-state index in [2.05, 4.69) is 5.16 Å². The zero-order valence-electron chi connectivity index (χ0n) is 14.6. The van der Waals surface area contributed by atoms with Crippen molar-refractivity contribution in [1.82, 2.24) is 14.4 Å². The summed E-state index contributed by atoms with van der Waals surface area (Å²) in [4.78, 5) is 14.3. The van der Waals surface area contributed by atoms with Crippen molar-refractivity contribution < 1.29 is 17.7 Å². The molecule has 1 aromatic carbocycles. The third-order valence-electron chi connectivity index (χ3n) is 5.07. The standard InChI is InChI=1S/C18H21N3O4S/c1-13-11-17(25-19-13)18(22)20-7-9-21(10-8-20)26(23,24)16-6-5-14-3-2-4-15(14)12-16/h5-6,11-12H,2-4,7-10H2,1H3. The summed E-state index contributed by atoms with van der Waals surface area (Å²) in [5.41, 5.74) is 3.04. The Morgan fingerprint density at radius 3 is 2.50 bits per heavy atom. The molecule has 0 N–H and O–H groups in total. The molecule has 0 saturated carbocycles. The third kappa shape index (κ3) is 3.03. The van der Waals surface area contributed by atoms with Crippen molar-refractivity contribution in [2.24, 2.45) is 0 Å². The number of rotatable bonds is 3. The molecule has 138 valence electrons. The Kier molecular flexibility index (Phi) is 4.32. The fraction of sp³-hybridized carbons (Fsp3) is 0.444. The van der Waals surface area contributed by atoms with Crippen molar-refractivity contribution >= 4 is 15.9 Å². The second-order valence-electron chi connectivity index (χ2n) is 6.81. The van der Waals surface area contributed by atoms with Gasteiger partial charge in [0.25, 0.3) is 5.91 Å². The van der Waals surface area contributed by atoms with Crippen molar-refractivity contribution in [1.29, 1.82) is 0 Å². The van der Waals surface area contributed by atoms with E-state index in [1.54, 1.807) is 24.0 Å². The van der Waals surface area contributed by atoms with Crippen LogP contribution in [0, 0.1) is 6.92 Å². The number of fused-ring (bicyclic) bond motifs is 1. The fourth-order valence-electron chi connectivity index (χ4n) is 3.61. The van der Waals surface area contributed by atoms with Gasteiger partial charge in [0.2, 0.25) is 15.8 Å². The zero-order chi connectivity index (χ0) is 18.3. The third-order valence-corrected chi connectivity index (χ3v) is 6.97. The molecule has 0 spiro atoms. The van der Waals surface area contributed by atoms with Gasteiger partial charge in [0.05, 0.1) is 10.6 Å². The van der Waals surface area contributed by atoms with Crippen molar-refractivity contribution in [3.05, 3.63) is 46.8 Å². The van der Waals surface area contributed by atoms with Gasteiger partial charge in [0.15, 0.2) is 0 Å². The average Bonchev–Trinajstić information content (AvgIpc) is 3.29. The largest absolute Gasteiger partial charge is 0.351 e. The summed E-state index contributed by atoms with van der Waals surface area (Å²) in [5, 5.41) is 3.73. The lowest BCUT2D eigenvalue weighted by atomic mass is 10.1. The van der Waals surface area contributed by atoms with Crippen LogP contribution >= 0.6 is 0 Å². The Morgan fingerprint density at radius 1 is 1.08 bits per heavy atom. The molecule has 26 heavy (non-hydrogen) atoms. The number of hydrogen-bond acceptors (Lipinski definition) is 5. The molecule has 1 fully saturated rings. The molecule has 1 aliphatic carbocycles. The van der Waals surface area contributed by atoms with Crippen molar-refractivity contribution in [2.45, 2.75) is 31.1 Å². The average molecular weight is 375 g/mol. The highest BCUT2D eigenvalue weighted by Crippen LogP contribution is 2.26. The minimum atomic E-state index is -3.53. The maximum absolute atomic E-state index is 12.9. The molecule has 0 unspecified atom stereocenters. The maximum atomic E-state index is 12.9. The highest BCUT2D eigenvalue weighted by atomic mass is 32.2. The Balaban J connectivity index is 1.46. The topological polar surface area (TPSA) is 83.7 Å². The van der Waals surface area contributed by atoms with E-state index >= 15 is 0 Å². The lowest BCUT2D eigenvalue weighted by molar-refractivity contribution is 0.0656. The number of carbonyl (C=O) groups is 1. The van der Waals surface area contributed by atoms with Crippen LogP contribution in [-0.2, 0) is 22.9 Å². The Hall–Kier alpha value is -2.19. The Bertz CT molecular complexity index is 943. The number of sulfonamides is 1. The lowest BCUT2D eigenvalue weighted by Gasteiger charge is -2.33. The minimum absolute atomic E-state index is 0.192. The predicted octanol–water partition coefficient (Wildman–Crippen LogP) is 1.62. The van der Waals surface area contributed by atoms with Gasteiger partial charge in [0, 0.05) is 32.2 Å². The van der Waals surface area contributed by atoms with E-state index in [4.69, 9.17) is 4.52 Å². The highest BCUT2D eigenvalue weighted by Gasteiger charge is 2.32. The molecule has 1 aliphatic heterocycles. The van der Waals surface area contributed by atoms with Crippen LogP contribution < -0.4 is 0 Å². The van der Waals surface area contributed by atoms with E-state index in [0.717, 1.165) is 24.8 Å². The molecular formula is C18H21N3O4S. The highest BCUT2D eigenvalue weighted by molar-refractivity contribution is 7.89. The summed E-state index contributed by atoms with van der Waals surface area (Å²) in [6, 6.07) is 7.04. The summed E-state index contributed by atoms with van der Waals surface area (Å²) in [6.45, 7) is 2.98. The van der Waals surface area contributed by atoms with Gasteiger partial charge in [-0.3, -0.25) is 4.79 Å². The van der Waals surface area contributed by atoms with Gasteiger partial charge in [-0.15, -0.1) is 0 Å². The molecule has 4 rings (SSSR count). The molecule has 1 amide bonds. The SMILES string of the molecule is Cc1cc(C(=O)N2CCN(S(=O)(=O)c3ccc4c(c3)CCC4)CC2)on1. The van der Waals surface area contributed by atoms with Crippen LogP contribution in [0.15, 0.2) is 33.7 Å². The molecule has 8 heteroatoms.